The summed E-state index contributed by atoms with van der Waals surface area (Å²) in [5, 5.41) is 18.7. The molecular formula is C9H13N3O4S. The van der Waals surface area contributed by atoms with Crippen LogP contribution in [-0.2, 0) is 16.0 Å². The van der Waals surface area contributed by atoms with Crippen LogP contribution in [0, 0.1) is 0 Å². The van der Waals surface area contributed by atoms with E-state index in [0.717, 1.165) is 11.3 Å². The Morgan fingerprint density at radius 2 is 2.06 bits per heavy atom. The van der Waals surface area contributed by atoms with Gasteiger partial charge in [-0.05, 0) is 20.8 Å². The number of aliphatic carboxylic acids is 1. The van der Waals surface area contributed by atoms with Gasteiger partial charge in [0.25, 0.3) is 0 Å². The maximum atomic E-state index is 11.3. The van der Waals surface area contributed by atoms with Gasteiger partial charge in [0.1, 0.15) is 10.6 Å². The molecule has 0 aliphatic heterocycles. The molecule has 0 bridgehead atoms. The van der Waals surface area contributed by atoms with Crippen molar-refractivity contribution in [2.45, 2.75) is 32.8 Å². The fraction of sp³-hybridized carbons (Fsp3) is 0.556. The molecule has 0 saturated carbocycles. The van der Waals surface area contributed by atoms with Crippen LogP contribution in [0.5, 0.6) is 0 Å². The van der Waals surface area contributed by atoms with E-state index >= 15 is 0 Å². The second-order valence-electron chi connectivity index (χ2n) is 4.20. The molecule has 1 aromatic rings. The predicted molar refractivity (Wildman–Crippen MR) is 61.1 cm³/mol. The number of carboxylic acids is 1. The molecule has 0 unspecified atom stereocenters. The summed E-state index contributed by atoms with van der Waals surface area (Å²) >= 11 is 1.00. The molecule has 0 spiro atoms. The van der Waals surface area contributed by atoms with Crippen LogP contribution in [0.4, 0.5) is 9.93 Å². The lowest BCUT2D eigenvalue weighted by Crippen LogP contribution is -2.27. The van der Waals surface area contributed by atoms with Crippen LogP contribution >= 0.6 is 11.3 Å². The summed E-state index contributed by atoms with van der Waals surface area (Å²) in [6.07, 6.45) is -0.858. The Hall–Kier alpha value is -1.70. The fourth-order valence-electron chi connectivity index (χ4n) is 0.896. The van der Waals surface area contributed by atoms with Crippen molar-refractivity contribution in [1.82, 2.24) is 10.2 Å². The van der Waals surface area contributed by atoms with Crippen LogP contribution in [0.3, 0.4) is 0 Å². The highest BCUT2D eigenvalue weighted by molar-refractivity contribution is 7.15. The van der Waals surface area contributed by atoms with E-state index in [1.54, 1.807) is 20.8 Å². The molecule has 0 fully saturated rings. The Morgan fingerprint density at radius 3 is 2.59 bits per heavy atom. The number of carbonyl (C=O) groups excluding carboxylic acids is 1. The van der Waals surface area contributed by atoms with Crippen LogP contribution in [0.2, 0.25) is 0 Å². The molecule has 94 valence electrons. The standard InChI is InChI=1S/C9H13N3O4S/c1-9(2,3)16-8(15)10-7-12-11-5(17-7)4-6(13)14/h4H2,1-3H3,(H,13,14)(H,10,12,15). The highest BCUT2D eigenvalue weighted by Crippen LogP contribution is 2.17. The Balaban J connectivity index is 2.55. The van der Waals surface area contributed by atoms with Crippen LogP contribution in [0.15, 0.2) is 0 Å². The average Bonchev–Trinajstić information content (AvgIpc) is 2.46. The van der Waals surface area contributed by atoms with E-state index in [9.17, 15) is 9.59 Å². The fourth-order valence-corrected chi connectivity index (χ4v) is 1.61. The molecule has 17 heavy (non-hydrogen) atoms. The molecule has 0 aromatic carbocycles. The number of hydrogen-bond acceptors (Lipinski definition) is 6. The predicted octanol–water partition coefficient (Wildman–Crippen LogP) is 1.51. The third-order valence-electron chi connectivity index (χ3n) is 1.38. The highest BCUT2D eigenvalue weighted by Gasteiger charge is 2.17. The molecule has 1 aromatic heterocycles. The molecule has 1 amide bonds. The van der Waals surface area contributed by atoms with Crippen molar-refractivity contribution in [3.05, 3.63) is 5.01 Å². The minimum atomic E-state index is -0.995. The number of rotatable bonds is 3. The van der Waals surface area contributed by atoms with Gasteiger partial charge in [-0.1, -0.05) is 11.3 Å². The van der Waals surface area contributed by atoms with Gasteiger partial charge in [0.15, 0.2) is 0 Å². The minimum Gasteiger partial charge on any atom is -0.481 e. The highest BCUT2D eigenvalue weighted by atomic mass is 32.1. The summed E-state index contributed by atoms with van der Waals surface area (Å²) < 4.78 is 5.00. The Morgan fingerprint density at radius 1 is 1.41 bits per heavy atom. The first-order valence-corrected chi connectivity index (χ1v) is 5.62. The lowest BCUT2D eigenvalue weighted by molar-refractivity contribution is -0.136. The van der Waals surface area contributed by atoms with Crippen molar-refractivity contribution in [3.8, 4) is 0 Å². The number of aromatic nitrogens is 2. The molecule has 0 atom stereocenters. The van der Waals surface area contributed by atoms with Gasteiger partial charge in [-0.25, -0.2) is 4.79 Å². The summed E-state index contributed by atoms with van der Waals surface area (Å²) in [7, 11) is 0. The van der Waals surface area contributed by atoms with E-state index in [-0.39, 0.29) is 11.6 Å². The first-order valence-electron chi connectivity index (χ1n) is 4.80. The minimum absolute atomic E-state index is 0.215. The third kappa shape index (κ3) is 5.25. The van der Waals surface area contributed by atoms with Crippen molar-refractivity contribution in [3.63, 3.8) is 0 Å². The molecule has 0 aliphatic carbocycles. The van der Waals surface area contributed by atoms with Gasteiger partial charge in [-0.2, -0.15) is 0 Å². The number of nitrogens with one attached hydrogen (secondary N) is 1. The van der Waals surface area contributed by atoms with Crippen molar-refractivity contribution in [2.24, 2.45) is 0 Å². The van der Waals surface area contributed by atoms with E-state index in [1.165, 1.54) is 0 Å². The molecular weight excluding hydrogens is 246 g/mol. The topological polar surface area (TPSA) is 101 Å². The molecule has 0 radical (unpaired) electrons. The number of hydrogen-bond donors (Lipinski definition) is 2. The summed E-state index contributed by atoms with van der Waals surface area (Å²) in [5.41, 5.74) is -0.599. The van der Waals surface area contributed by atoms with Crippen molar-refractivity contribution >= 4 is 28.5 Å². The summed E-state index contributed by atoms with van der Waals surface area (Å²) in [5.74, 6) is -0.995. The number of nitrogens with zero attached hydrogens (tertiary/aromatic N) is 2. The maximum Gasteiger partial charge on any atom is 0.414 e. The largest absolute Gasteiger partial charge is 0.481 e. The van der Waals surface area contributed by atoms with Crippen LogP contribution in [-0.4, -0.2) is 33.0 Å². The van der Waals surface area contributed by atoms with Gasteiger partial charge in [0.05, 0.1) is 6.42 Å². The SMILES string of the molecule is CC(C)(C)OC(=O)Nc1nnc(CC(=O)O)s1. The van der Waals surface area contributed by atoms with E-state index < -0.39 is 17.7 Å². The van der Waals surface area contributed by atoms with Gasteiger partial charge >= 0.3 is 12.1 Å². The smallest absolute Gasteiger partial charge is 0.414 e. The summed E-state index contributed by atoms with van der Waals surface area (Å²) in [6, 6.07) is 0. The number of carbonyl (C=O) groups is 2. The van der Waals surface area contributed by atoms with Gasteiger partial charge in [-0.3, -0.25) is 10.1 Å². The molecule has 8 heteroatoms. The molecule has 0 saturated heterocycles. The van der Waals surface area contributed by atoms with E-state index in [0.29, 0.717) is 5.01 Å². The first kappa shape index (κ1) is 13.4. The van der Waals surface area contributed by atoms with Gasteiger partial charge in [0, 0.05) is 0 Å². The second-order valence-corrected chi connectivity index (χ2v) is 5.26. The quantitative estimate of drug-likeness (QED) is 0.853. The molecule has 0 aliphatic rings. The monoisotopic (exact) mass is 259 g/mol. The Kier molecular flexibility index (Phi) is 4.00. The zero-order chi connectivity index (χ0) is 13.1. The van der Waals surface area contributed by atoms with Gasteiger partial charge in [0.2, 0.25) is 5.13 Å². The van der Waals surface area contributed by atoms with E-state index in [1.807, 2.05) is 0 Å². The second kappa shape index (κ2) is 5.09. The lowest BCUT2D eigenvalue weighted by Gasteiger charge is -2.18. The number of carboxylic acid groups (broad SMARTS) is 1. The van der Waals surface area contributed by atoms with Crippen molar-refractivity contribution < 1.29 is 19.4 Å². The van der Waals surface area contributed by atoms with E-state index in [4.69, 9.17) is 9.84 Å². The zero-order valence-electron chi connectivity index (χ0n) is 9.68. The molecule has 2 N–H and O–H groups in total. The van der Waals surface area contributed by atoms with Crippen LogP contribution < -0.4 is 5.32 Å². The molecule has 1 heterocycles. The molecule has 1 rings (SSSR count). The van der Waals surface area contributed by atoms with Gasteiger partial charge in [-0.15, -0.1) is 10.2 Å². The molecule has 7 nitrogen and oxygen atoms in total. The average molecular weight is 259 g/mol. The number of ether oxygens (including phenoxy) is 1. The first-order chi connectivity index (χ1) is 7.76. The lowest BCUT2D eigenvalue weighted by atomic mass is 10.2. The van der Waals surface area contributed by atoms with E-state index in [2.05, 4.69) is 15.5 Å². The van der Waals surface area contributed by atoms with Crippen LogP contribution in [0.1, 0.15) is 25.8 Å². The van der Waals surface area contributed by atoms with Crippen LogP contribution in [0.25, 0.3) is 0 Å². The Bertz CT molecular complexity index is 424. The van der Waals surface area contributed by atoms with Crippen molar-refractivity contribution in [1.29, 1.82) is 0 Å². The number of anilines is 1. The zero-order valence-corrected chi connectivity index (χ0v) is 10.5. The summed E-state index contributed by atoms with van der Waals surface area (Å²) in [4.78, 5) is 21.8. The maximum absolute atomic E-state index is 11.3. The summed E-state index contributed by atoms with van der Waals surface area (Å²) in [6.45, 7) is 5.22. The number of amides is 1. The Labute approximate surface area is 102 Å². The van der Waals surface area contributed by atoms with Crippen molar-refractivity contribution in [2.75, 3.05) is 5.32 Å². The third-order valence-corrected chi connectivity index (χ3v) is 2.22. The normalized spacial score (nSPS) is 11.0. The van der Waals surface area contributed by atoms with Gasteiger partial charge < -0.3 is 9.84 Å².